The molecule has 0 aliphatic carbocycles. The van der Waals surface area contributed by atoms with Gasteiger partial charge < -0.3 is 14.5 Å². The molecule has 0 bridgehead atoms. The quantitative estimate of drug-likeness (QED) is 0.814. The zero-order valence-electron chi connectivity index (χ0n) is 10.5. The Hall–Kier alpha value is -0.880. The Morgan fingerprint density at radius 2 is 2.32 bits per heavy atom. The maximum Gasteiger partial charge on any atom is 0.227 e. The van der Waals surface area contributed by atoms with Crippen molar-refractivity contribution < 1.29 is 9.15 Å². The van der Waals surface area contributed by atoms with Gasteiger partial charge in [-0.25, -0.2) is 4.98 Å². The van der Waals surface area contributed by atoms with Gasteiger partial charge in [0.25, 0.3) is 0 Å². The Kier molecular flexibility index (Phi) is 5.39. The lowest BCUT2D eigenvalue weighted by Crippen LogP contribution is -2.18. The maximum atomic E-state index is 6.20. The lowest BCUT2D eigenvalue weighted by Gasteiger charge is -2.01. The number of hydrogen-bond donors (Lipinski definition) is 1. The summed E-state index contributed by atoms with van der Waals surface area (Å²) in [4.78, 5) is 4.40. The molecule has 0 aliphatic rings. The zero-order valence-corrected chi connectivity index (χ0v) is 12.8. The first-order valence-electron chi connectivity index (χ1n) is 5.81. The first-order chi connectivity index (χ1) is 9.22. The third kappa shape index (κ3) is 3.79. The van der Waals surface area contributed by atoms with E-state index in [2.05, 4.69) is 26.2 Å². The normalized spacial score (nSPS) is 10.9. The maximum absolute atomic E-state index is 6.20. The fourth-order valence-electron chi connectivity index (χ4n) is 1.57. The molecule has 0 spiro atoms. The molecule has 6 heteroatoms. The third-order valence-electron chi connectivity index (χ3n) is 2.52. The predicted molar refractivity (Wildman–Crippen MR) is 78.2 cm³/mol. The van der Waals surface area contributed by atoms with Gasteiger partial charge in [0.2, 0.25) is 5.89 Å². The van der Waals surface area contributed by atoms with E-state index in [4.69, 9.17) is 20.8 Å². The number of halogens is 2. The average Bonchev–Trinajstić information content (AvgIpc) is 2.87. The van der Waals surface area contributed by atoms with Crippen LogP contribution in [0.15, 0.2) is 33.4 Å². The van der Waals surface area contributed by atoms with Crippen LogP contribution in [0.25, 0.3) is 11.5 Å². The Morgan fingerprint density at radius 3 is 3.11 bits per heavy atom. The van der Waals surface area contributed by atoms with Gasteiger partial charge in [0.05, 0.1) is 22.9 Å². The van der Waals surface area contributed by atoms with Crippen molar-refractivity contribution >= 4 is 27.5 Å². The standard InChI is InChI=1S/C13H14BrClN2O2/c1-18-6-5-16-7-9-8-19-13(17-9)10-3-2-4-11(14)12(10)15/h2-4,8,16H,5-7H2,1H3. The van der Waals surface area contributed by atoms with Gasteiger partial charge in [0.15, 0.2) is 0 Å². The Balaban J connectivity index is 2.06. The average molecular weight is 346 g/mol. The minimum absolute atomic E-state index is 0.523. The summed E-state index contributed by atoms with van der Waals surface area (Å²) in [6.07, 6.45) is 1.63. The second-order valence-corrected chi connectivity index (χ2v) is 5.15. The van der Waals surface area contributed by atoms with E-state index in [1.54, 1.807) is 13.4 Å². The molecule has 0 unspecified atom stereocenters. The summed E-state index contributed by atoms with van der Waals surface area (Å²) in [6.45, 7) is 2.08. The molecule has 0 atom stereocenters. The number of hydrogen-bond acceptors (Lipinski definition) is 4. The van der Waals surface area contributed by atoms with Crippen LogP contribution in [0.1, 0.15) is 5.69 Å². The molecule has 1 aromatic heterocycles. The highest BCUT2D eigenvalue weighted by Crippen LogP contribution is 2.32. The van der Waals surface area contributed by atoms with Crippen molar-refractivity contribution in [3.05, 3.63) is 39.7 Å². The molecule has 2 rings (SSSR count). The van der Waals surface area contributed by atoms with E-state index in [9.17, 15) is 0 Å². The fraction of sp³-hybridized carbons (Fsp3) is 0.308. The van der Waals surface area contributed by atoms with Crippen molar-refractivity contribution in [2.24, 2.45) is 0 Å². The number of ether oxygens (including phenoxy) is 1. The highest BCUT2D eigenvalue weighted by Gasteiger charge is 2.12. The summed E-state index contributed by atoms with van der Waals surface area (Å²) in [5.74, 6) is 0.523. The van der Waals surface area contributed by atoms with Crippen molar-refractivity contribution in [3.8, 4) is 11.5 Å². The minimum atomic E-state index is 0.523. The number of benzene rings is 1. The van der Waals surface area contributed by atoms with E-state index in [1.807, 2.05) is 18.2 Å². The molecule has 0 radical (unpaired) electrons. The van der Waals surface area contributed by atoms with E-state index in [0.717, 1.165) is 22.3 Å². The summed E-state index contributed by atoms with van der Waals surface area (Å²) in [7, 11) is 1.67. The second kappa shape index (κ2) is 7.05. The van der Waals surface area contributed by atoms with Crippen LogP contribution in [0, 0.1) is 0 Å². The Labute approximate surface area is 125 Å². The van der Waals surface area contributed by atoms with Gasteiger partial charge in [0, 0.05) is 24.7 Å². The number of nitrogens with zero attached hydrogens (tertiary/aromatic N) is 1. The highest BCUT2D eigenvalue weighted by atomic mass is 79.9. The van der Waals surface area contributed by atoms with Crippen LogP contribution >= 0.6 is 27.5 Å². The number of rotatable bonds is 6. The molecule has 0 saturated heterocycles. The van der Waals surface area contributed by atoms with Crippen LogP contribution in [-0.2, 0) is 11.3 Å². The summed E-state index contributed by atoms with van der Waals surface area (Å²) in [6, 6.07) is 5.65. The summed E-state index contributed by atoms with van der Waals surface area (Å²) >= 11 is 9.59. The molecule has 4 nitrogen and oxygen atoms in total. The van der Waals surface area contributed by atoms with Crippen LogP contribution in [0.5, 0.6) is 0 Å². The van der Waals surface area contributed by atoms with Crippen molar-refractivity contribution in [2.75, 3.05) is 20.3 Å². The molecule has 2 aromatic rings. The van der Waals surface area contributed by atoms with E-state index < -0.39 is 0 Å². The number of oxazole rings is 1. The second-order valence-electron chi connectivity index (χ2n) is 3.91. The topological polar surface area (TPSA) is 47.3 Å². The molecule has 1 heterocycles. The largest absolute Gasteiger partial charge is 0.444 e. The van der Waals surface area contributed by atoms with Crippen molar-refractivity contribution in [1.82, 2.24) is 10.3 Å². The van der Waals surface area contributed by atoms with Crippen LogP contribution in [0.4, 0.5) is 0 Å². The fourth-order valence-corrected chi connectivity index (χ4v) is 2.14. The molecule has 0 aliphatic heterocycles. The molecule has 0 saturated carbocycles. The van der Waals surface area contributed by atoms with Gasteiger partial charge in [-0.1, -0.05) is 17.7 Å². The highest BCUT2D eigenvalue weighted by molar-refractivity contribution is 9.10. The van der Waals surface area contributed by atoms with Gasteiger partial charge in [-0.05, 0) is 28.1 Å². The molecule has 0 amide bonds. The molecular formula is C13H14BrClN2O2. The van der Waals surface area contributed by atoms with Gasteiger partial charge in [0.1, 0.15) is 6.26 Å². The molecule has 19 heavy (non-hydrogen) atoms. The monoisotopic (exact) mass is 344 g/mol. The van der Waals surface area contributed by atoms with Crippen molar-refractivity contribution in [2.45, 2.75) is 6.54 Å². The van der Waals surface area contributed by atoms with E-state index in [-0.39, 0.29) is 0 Å². The number of aromatic nitrogens is 1. The van der Waals surface area contributed by atoms with E-state index >= 15 is 0 Å². The molecular weight excluding hydrogens is 332 g/mol. The van der Waals surface area contributed by atoms with Gasteiger partial charge >= 0.3 is 0 Å². The van der Waals surface area contributed by atoms with Crippen LogP contribution < -0.4 is 5.32 Å². The SMILES string of the molecule is COCCNCc1coc(-c2cccc(Br)c2Cl)n1. The molecule has 1 aromatic carbocycles. The van der Waals surface area contributed by atoms with Crippen molar-refractivity contribution in [1.29, 1.82) is 0 Å². The van der Waals surface area contributed by atoms with Crippen LogP contribution in [0.3, 0.4) is 0 Å². The lowest BCUT2D eigenvalue weighted by molar-refractivity contribution is 0.199. The zero-order chi connectivity index (χ0) is 13.7. The molecule has 1 N–H and O–H groups in total. The molecule has 0 fully saturated rings. The van der Waals surface area contributed by atoms with Gasteiger partial charge in [-0.15, -0.1) is 0 Å². The van der Waals surface area contributed by atoms with Gasteiger partial charge in [-0.2, -0.15) is 0 Å². The van der Waals surface area contributed by atoms with Crippen molar-refractivity contribution in [3.63, 3.8) is 0 Å². The minimum Gasteiger partial charge on any atom is -0.444 e. The predicted octanol–water partition coefficient (Wildman–Crippen LogP) is 3.49. The van der Waals surface area contributed by atoms with Crippen LogP contribution in [-0.4, -0.2) is 25.2 Å². The molecule has 102 valence electrons. The smallest absolute Gasteiger partial charge is 0.227 e. The lowest BCUT2D eigenvalue weighted by atomic mass is 10.2. The van der Waals surface area contributed by atoms with E-state index in [1.165, 1.54) is 0 Å². The van der Waals surface area contributed by atoms with E-state index in [0.29, 0.717) is 24.1 Å². The van der Waals surface area contributed by atoms with Crippen LogP contribution in [0.2, 0.25) is 5.02 Å². The first kappa shape index (κ1) is 14.5. The number of methoxy groups -OCH3 is 1. The summed E-state index contributed by atoms with van der Waals surface area (Å²) in [5.41, 5.74) is 1.61. The third-order valence-corrected chi connectivity index (χ3v) is 3.82. The number of nitrogens with one attached hydrogen (secondary N) is 1. The summed E-state index contributed by atoms with van der Waals surface area (Å²) in [5, 5.41) is 3.80. The summed E-state index contributed by atoms with van der Waals surface area (Å²) < 4.78 is 11.2. The Bertz CT molecular complexity index is 545. The first-order valence-corrected chi connectivity index (χ1v) is 6.98. The van der Waals surface area contributed by atoms with Gasteiger partial charge in [-0.3, -0.25) is 0 Å². The Morgan fingerprint density at radius 1 is 1.47 bits per heavy atom.